The van der Waals surface area contributed by atoms with E-state index < -0.39 is 0 Å². The van der Waals surface area contributed by atoms with Gasteiger partial charge in [-0.05, 0) is 31.0 Å². The van der Waals surface area contributed by atoms with Crippen molar-refractivity contribution >= 4 is 57.5 Å². The van der Waals surface area contributed by atoms with E-state index in [4.69, 9.17) is 21.3 Å². The van der Waals surface area contributed by atoms with E-state index in [-0.39, 0.29) is 24.0 Å². The molecule has 1 aromatic rings. The predicted molar refractivity (Wildman–Crippen MR) is 111 cm³/mol. The van der Waals surface area contributed by atoms with Gasteiger partial charge in [-0.15, -0.1) is 24.0 Å². The summed E-state index contributed by atoms with van der Waals surface area (Å²) in [7, 11) is 2.07. The van der Waals surface area contributed by atoms with Gasteiger partial charge in [-0.1, -0.05) is 33.6 Å². The molecule has 0 aromatic heterocycles. The van der Waals surface area contributed by atoms with Gasteiger partial charge >= 0.3 is 0 Å². The maximum atomic E-state index is 6.26. The molecule has 1 heterocycles. The zero-order valence-electron chi connectivity index (χ0n) is 13.5. The number of guanidine groups is 1. The molecule has 23 heavy (non-hydrogen) atoms. The number of benzene rings is 1. The van der Waals surface area contributed by atoms with Crippen LogP contribution < -0.4 is 5.32 Å². The van der Waals surface area contributed by atoms with Crippen molar-refractivity contribution < 1.29 is 4.74 Å². The minimum Gasteiger partial charge on any atom is -0.381 e. The summed E-state index contributed by atoms with van der Waals surface area (Å²) in [5, 5.41) is 4.08. The molecule has 1 unspecified atom stereocenters. The van der Waals surface area contributed by atoms with Gasteiger partial charge in [-0.2, -0.15) is 0 Å². The Morgan fingerprint density at radius 3 is 2.91 bits per heavy atom. The van der Waals surface area contributed by atoms with Crippen LogP contribution >= 0.6 is 51.5 Å². The molecule has 4 nitrogen and oxygen atoms in total. The van der Waals surface area contributed by atoms with E-state index >= 15 is 0 Å². The second-order valence-corrected chi connectivity index (χ2v) is 6.84. The number of hydrogen-bond donors (Lipinski definition) is 1. The number of aliphatic imine (C=N–C) groups is 1. The summed E-state index contributed by atoms with van der Waals surface area (Å²) in [6.45, 7) is 6.18. The normalized spacial score (nSPS) is 17.7. The standard InChI is InChI=1S/C16H23BrClN3O.HI/c1-3-19-16(21(2)10-12-6-7-22-11-12)20-9-13-4-5-14(17)8-15(13)18;/h4-5,8,12H,3,6-7,9-11H2,1-2H3,(H,19,20);1H. The lowest BCUT2D eigenvalue weighted by atomic mass is 10.1. The summed E-state index contributed by atoms with van der Waals surface area (Å²) < 4.78 is 6.43. The van der Waals surface area contributed by atoms with E-state index in [1.807, 2.05) is 18.2 Å². The first-order chi connectivity index (χ1) is 10.6. The molecule has 0 aliphatic carbocycles. The maximum Gasteiger partial charge on any atom is 0.193 e. The van der Waals surface area contributed by atoms with Gasteiger partial charge in [0.25, 0.3) is 0 Å². The third-order valence-electron chi connectivity index (χ3n) is 3.67. The highest BCUT2D eigenvalue weighted by Gasteiger charge is 2.19. The van der Waals surface area contributed by atoms with Crippen LogP contribution in [-0.2, 0) is 11.3 Å². The Morgan fingerprint density at radius 2 is 2.30 bits per heavy atom. The number of nitrogens with one attached hydrogen (secondary N) is 1. The van der Waals surface area contributed by atoms with E-state index in [0.717, 1.165) is 53.7 Å². The van der Waals surface area contributed by atoms with E-state index in [2.05, 4.69) is 40.1 Å². The Hall–Kier alpha value is -0.0500. The minimum absolute atomic E-state index is 0. The predicted octanol–water partition coefficient (Wildman–Crippen LogP) is 4.15. The van der Waals surface area contributed by atoms with Crippen molar-refractivity contribution in [2.75, 3.05) is 33.4 Å². The summed E-state index contributed by atoms with van der Waals surface area (Å²) in [5.41, 5.74) is 1.03. The van der Waals surface area contributed by atoms with Gasteiger partial charge in [0.15, 0.2) is 5.96 Å². The maximum absolute atomic E-state index is 6.26. The first-order valence-corrected chi connectivity index (χ1v) is 8.78. The summed E-state index contributed by atoms with van der Waals surface area (Å²) in [6.07, 6.45) is 1.13. The van der Waals surface area contributed by atoms with Crippen LogP contribution in [0, 0.1) is 5.92 Å². The van der Waals surface area contributed by atoms with Crippen LogP contribution in [0.15, 0.2) is 27.7 Å². The SMILES string of the molecule is CCNC(=NCc1ccc(Br)cc1Cl)N(C)CC1CCOC1.I. The summed E-state index contributed by atoms with van der Waals surface area (Å²) in [6, 6.07) is 5.90. The van der Waals surface area contributed by atoms with Crippen molar-refractivity contribution in [3.8, 4) is 0 Å². The van der Waals surface area contributed by atoms with Crippen LogP contribution in [0.3, 0.4) is 0 Å². The van der Waals surface area contributed by atoms with Gasteiger partial charge in [0.1, 0.15) is 0 Å². The van der Waals surface area contributed by atoms with Gasteiger partial charge in [0.05, 0.1) is 13.2 Å². The monoisotopic (exact) mass is 515 g/mol. The van der Waals surface area contributed by atoms with Gasteiger partial charge in [0.2, 0.25) is 0 Å². The second kappa shape index (κ2) is 10.7. The van der Waals surface area contributed by atoms with Crippen molar-refractivity contribution in [3.05, 3.63) is 33.3 Å². The highest BCUT2D eigenvalue weighted by Crippen LogP contribution is 2.22. The highest BCUT2D eigenvalue weighted by molar-refractivity contribution is 14.0. The minimum atomic E-state index is 0. The zero-order chi connectivity index (χ0) is 15.9. The summed E-state index contributed by atoms with van der Waals surface area (Å²) in [5.74, 6) is 1.50. The van der Waals surface area contributed by atoms with Crippen molar-refractivity contribution in [1.82, 2.24) is 10.2 Å². The number of hydrogen-bond acceptors (Lipinski definition) is 2. The average molecular weight is 517 g/mol. The van der Waals surface area contributed by atoms with Crippen molar-refractivity contribution in [1.29, 1.82) is 0 Å². The van der Waals surface area contributed by atoms with E-state index in [0.29, 0.717) is 12.5 Å². The van der Waals surface area contributed by atoms with Crippen LogP contribution in [0.25, 0.3) is 0 Å². The fraction of sp³-hybridized carbons (Fsp3) is 0.562. The molecule has 1 saturated heterocycles. The summed E-state index contributed by atoms with van der Waals surface area (Å²) in [4.78, 5) is 6.88. The van der Waals surface area contributed by atoms with Crippen LogP contribution in [-0.4, -0.2) is 44.2 Å². The van der Waals surface area contributed by atoms with Crippen LogP contribution in [0.1, 0.15) is 18.9 Å². The molecule has 0 saturated carbocycles. The lowest BCUT2D eigenvalue weighted by molar-refractivity contribution is 0.181. The fourth-order valence-electron chi connectivity index (χ4n) is 2.48. The fourth-order valence-corrected chi connectivity index (χ4v) is 3.21. The van der Waals surface area contributed by atoms with E-state index in [1.54, 1.807) is 0 Å². The molecule has 0 spiro atoms. The van der Waals surface area contributed by atoms with Crippen molar-refractivity contribution in [2.24, 2.45) is 10.9 Å². The molecule has 1 aromatic carbocycles. The molecule has 130 valence electrons. The van der Waals surface area contributed by atoms with Crippen LogP contribution in [0.5, 0.6) is 0 Å². The molecule has 1 aliphatic heterocycles. The van der Waals surface area contributed by atoms with Gasteiger partial charge in [0, 0.05) is 42.2 Å². The van der Waals surface area contributed by atoms with Gasteiger partial charge in [-0.25, -0.2) is 4.99 Å². The Labute approximate surface area is 169 Å². The average Bonchev–Trinajstić information content (AvgIpc) is 2.97. The Balaban J connectivity index is 0.00000264. The lowest BCUT2D eigenvalue weighted by Crippen LogP contribution is -2.41. The third-order valence-corrected chi connectivity index (χ3v) is 4.51. The highest BCUT2D eigenvalue weighted by atomic mass is 127. The molecule has 1 fully saturated rings. The molecule has 7 heteroatoms. The van der Waals surface area contributed by atoms with E-state index in [9.17, 15) is 0 Å². The Bertz CT molecular complexity index is 524. The number of halogens is 3. The largest absolute Gasteiger partial charge is 0.381 e. The molecule has 1 N–H and O–H groups in total. The van der Waals surface area contributed by atoms with Crippen LogP contribution in [0.2, 0.25) is 5.02 Å². The van der Waals surface area contributed by atoms with Crippen molar-refractivity contribution in [2.45, 2.75) is 19.9 Å². The number of nitrogens with zero attached hydrogens (tertiary/aromatic N) is 2. The van der Waals surface area contributed by atoms with Gasteiger partial charge < -0.3 is 15.0 Å². The third kappa shape index (κ3) is 6.76. The zero-order valence-corrected chi connectivity index (χ0v) is 18.2. The molecule has 0 amide bonds. The van der Waals surface area contributed by atoms with E-state index in [1.165, 1.54) is 0 Å². The number of ether oxygens (including phenoxy) is 1. The molecular weight excluding hydrogens is 492 g/mol. The molecule has 0 radical (unpaired) electrons. The Kier molecular flexibility index (Phi) is 9.80. The molecule has 1 atom stereocenters. The first kappa shape index (κ1) is 21.0. The molecule has 0 bridgehead atoms. The molecule has 1 aliphatic rings. The Morgan fingerprint density at radius 1 is 1.52 bits per heavy atom. The van der Waals surface area contributed by atoms with Crippen molar-refractivity contribution in [3.63, 3.8) is 0 Å². The quantitative estimate of drug-likeness (QED) is 0.363. The topological polar surface area (TPSA) is 36.9 Å². The van der Waals surface area contributed by atoms with Crippen LogP contribution in [0.4, 0.5) is 0 Å². The second-order valence-electron chi connectivity index (χ2n) is 5.52. The lowest BCUT2D eigenvalue weighted by Gasteiger charge is -2.24. The summed E-state index contributed by atoms with van der Waals surface area (Å²) >= 11 is 9.68. The smallest absolute Gasteiger partial charge is 0.193 e. The molecule has 2 rings (SSSR count). The van der Waals surface area contributed by atoms with Gasteiger partial charge in [-0.3, -0.25) is 0 Å². The number of rotatable bonds is 5. The first-order valence-electron chi connectivity index (χ1n) is 7.61. The molecular formula is C16H24BrClIN3O.